The third-order valence-corrected chi connectivity index (χ3v) is 5.93. The van der Waals surface area contributed by atoms with Crippen molar-refractivity contribution in [3.63, 3.8) is 0 Å². The number of ketones is 1. The first kappa shape index (κ1) is 21.1. The molecule has 4 aromatic rings. The van der Waals surface area contributed by atoms with Crippen molar-refractivity contribution in [2.45, 2.75) is 6.04 Å². The number of rotatable bonds is 4. The molecule has 2 heterocycles. The van der Waals surface area contributed by atoms with Gasteiger partial charge in [0.2, 0.25) is 5.78 Å². The van der Waals surface area contributed by atoms with Gasteiger partial charge in [0.05, 0.1) is 17.3 Å². The van der Waals surface area contributed by atoms with Gasteiger partial charge in [0.1, 0.15) is 17.2 Å². The second-order valence-electron chi connectivity index (χ2n) is 7.47. The van der Waals surface area contributed by atoms with Crippen LogP contribution < -0.4 is 4.90 Å². The Labute approximate surface area is 194 Å². The highest BCUT2D eigenvalue weighted by Crippen LogP contribution is 2.43. The van der Waals surface area contributed by atoms with Crippen LogP contribution in [0.1, 0.15) is 22.2 Å². The summed E-state index contributed by atoms with van der Waals surface area (Å²) in [7, 11) is 0. The van der Waals surface area contributed by atoms with E-state index in [2.05, 4.69) is 15.9 Å². The largest absolute Gasteiger partial charge is 0.503 e. The first-order chi connectivity index (χ1) is 15.8. The molecule has 0 saturated heterocycles. The molecule has 0 spiro atoms. The van der Waals surface area contributed by atoms with Gasteiger partial charge in [-0.2, -0.15) is 0 Å². The third-order valence-electron chi connectivity index (χ3n) is 5.44. The van der Waals surface area contributed by atoms with Crippen LogP contribution in [0.25, 0.3) is 11.0 Å². The van der Waals surface area contributed by atoms with Crippen molar-refractivity contribution in [2.24, 2.45) is 0 Å². The summed E-state index contributed by atoms with van der Waals surface area (Å²) in [5.41, 5.74) is 0.195. The molecule has 1 unspecified atom stereocenters. The average molecular weight is 510 g/mol. The second-order valence-corrected chi connectivity index (χ2v) is 8.38. The van der Waals surface area contributed by atoms with Crippen molar-refractivity contribution < 1.29 is 27.9 Å². The molecule has 5 nitrogen and oxygen atoms in total. The minimum Gasteiger partial charge on any atom is -0.503 e. The molecule has 0 radical (unpaired) electrons. The number of furan rings is 1. The Balaban J connectivity index is 1.68. The number of benzene rings is 3. The number of aliphatic hydroxyl groups excluding tert-OH is 1. The molecule has 33 heavy (non-hydrogen) atoms. The van der Waals surface area contributed by atoms with Gasteiger partial charge in [-0.1, -0.05) is 46.3 Å². The van der Waals surface area contributed by atoms with E-state index < -0.39 is 40.8 Å². The Morgan fingerprint density at radius 1 is 1.00 bits per heavy atom. The normalized spacial score (nSPS) is 16.2. The molecule has 1 amide bonds. The average Bonchev–Trinajstić information content (AvgIpc) is 3.34. The Kier molecular flexibility index (Phi) is 5.09. The molecule has 8 heteroatoms. The SMILES string of the molecule is O=C(C1=C(O)C(=O)N(c2cc(F)ccc2F)C1c1ccccc1)c1cc2cc(Br)ccc2o1. The number of amides is 1. The zero-order valence-corrected chi connectivity index (χ0v) is 18.3. The van der Waals surface area contributed by atoms with Crippen LogP contribution in [0.15, 0.2) is 93.0 Å². The van der Waals surface area contributed by atoms with E-state index in [1.165, 1.54) is 6.07 Å². The van der Waals surface area contributed by atoms with Crippen molar-refractivity contribution >= 4 is 44.3 Å². The summed E-state index contributed by atoms with van der Waals surface area (Å²) < 4.78 is 35.1. The van der Waals surface area contributed by atoms with Gasteiger partial charge in [-0.05, 0) is 42.0 Å². The standard InChI is InChI=1S/C25H14BrF2NO4/c26-15-6-9-19-14(10-15)11-20(33-19)23(30)21-22(13-4-2-1-3-5-13)29(25(32)24(21)31)18-12-16(27)7-8-17(18)28/h1-12,22,31H. The molecule has 1 atom stereocenters. The van der Waals surface area contributed by atoms with Gasteiger partial charge in [-0.15, -0.1) is 0 Å². The van der Waals surface area contributed by atoms with Crippen LogP contribution in [-0.4, -0.2) is 16.8 Å². The van der Waals surface area contributed by atoms with Crippen LogP contribution >= 0.6 is 15.9 Å². The van der Waals surface area contributed by atoms with Crippen LogP contribution in [0.3, 0.4) is 0 Å². The summed E-state index contributed by atoms with van der Waals surface area (Å²) in [5, 5.41) is 11.4. The zero-order chi connectivity index (χ0) is 23.3. The lowest BCUT2D eigenvalue weighted by Gasteiger charge is -2.27. The van der Waals surface area contributed by atoms with E-state index in [-0.39, 0.29) is 11.3 Å². The molecule has 5 rings (SSSR count). The Morgan fingerprint density at radius 2 is 1.76 bits per heavy atom. The van der Waals surface area contributed by atoms with Gasteiger partial charge in [0.25, 0.3) is 5.91 Å². The highest BCUT2D eigenvalue weighted by molar-refractivity contribution is 9.10. The van der Waals surface area contributed by atoms with Crippen LogP contribution in [0.2, 0.25) is 0 Å². The number of fused-ring (bicyclic) bond motifs is 1. The summed E-state index contributed by atoms with van der Waals surface area (Å²) in [6.45, 7) is 0. The Morgan fingerprint density at radius 3 is 2.52 bits per heavy atom. The number of carbonyl (C=O) groups excluding carboxylic acids is 2. The van der Waals surface area contributed by atoms with Crippen LogP contribution in [0.4, 0.5) is 14.5 Å². The molecule has 0 saturated carbocycles. The van der Waals surface area contributed by atoms with Gasteiger partial charge in [0, 0.05) is 15.9 Å². The van der Waals surface area contributed by atoms with E-state index in [9.17, 15) is 23.5 Å². The summed E-state index contributed by atoms with van der Waals surface area (Å²) in [6, 6.07) is 16.5. The molecule has 0 fully saturated rings. The van der Waals surface area contributed by atoms with Gasteiger partial charge < -0.3 is 9.52 Å². The predicted octanol–water partition coefficient (Wildman–Crippen LogP) is 6.26. The molecule has 0 aliphatic carbocycles. The maximum absolute atomic E-state index is 14.7. The first-order valence-electron chi connectivity index (χ1n) is 9.85. The Hall–Kier alpha value is -3.78. The van der Waals surface area contributed by atoms with Crippen molar-refractivity contribution in [3.05, 3.63) is 112 Å². The number of halogens is 3. The van der Waals surface area contributed by atoms with Crippen molar-refractivity contribution in [2.75, 3.05) is 4.90 Å². The molecule has 164 valence electrons. The number of aliphatic hydroxyl groups is 1. The highest BCUT2D eigenvalue weighted by atomic mass is 79.9. The monoisotopic (exact) mass is 509 g/mol. The van der Waals surface area contributed by atoms with Crippen LogP contribution in [0.5, 0.6) is 0 Å². The number of Topliss-reactive ketones (excluding diaryl/α,β-unsaturated/α-hetero) is 1. The summed E-state index contributed by atoms with van der Waals surface area (Å²) in [6.07, 6.45) is 0. The van der Waals surface area contributed by atoms with Gasteiger partial charge in [-0.3, -0.25) is 14.5 Å². The van der Waals surface area contributed by atoms with E-state index in [1.807, 2.05) is 0 Å². The molecule has 1 aliphatic heterocycles. The predicted molar refractivity (Wildman–Crippen MR) is 121 cm³/mol. The van der Waals surface area contributed by atoms with E-state index in [0.717, 1.165) is 27.6 Å². The molecule has 1 aliphatic rings. The quantitative estimate of drug-likeness (QED) is 0.329. The van der Waals surface area contributed by atoms with Crippen LogP contribution in [-0.2, 0) is 4.79 Å². The number of nitrogens with zero attached hydrogens (tertiary/aromatic N) is 1. The van der Waals surface area contributed by atoms with E-state index in [4.69, 9.17) is 4.42 Å². The van der Waals surface area contributed by atoms with Gasteiger partial charge in [-0.25, -0.2) is 8.78 Å². The fraction of sp³-hybridized carbons (Fsp3) is 0.0400. The zero-order valence-electron chi connectivity index (χ0n) is 16.8. The fourth-order valence-electron chi connectivity index (χ4n) is 3.97. The number of hydrogen-bond acceptors (Lipinski definition) is 4. The minimum absolute atomic E-state index is 0.0973. The van der Waals surface area contributed by atoms with Gasteiger partial charge in [0.15, 0.2) is 11.5 Å². The molecule has 1 aromatic heterocycles. The molecule has 3 aromatic carbocycles. The van der Waals surface area contributed by atoms with E-state index in [1.54, 1.807) is 48.5 Å². The maximum Gasteiger partial charge on any atom is 0.294 e. The van der Waals surface area contributed by atoms with E-state index in [0.29, 0.717) is 16.5 Å². The fourth-order valence-corrected chi connectivity index (χ4v) is 4.34. The topological polar surface area (TPSA) is 70.8 Å². The number of carbonyl (C=O) groups is 2. The molecule has 1 N–H and O–H groups in total. The molecular weight excluding hydrogens is 496 g/mol. The van der Waals surface area contributed by atoms with Crippen molar-refractivity contribution in [3.8, 4) is 0 Å². The summed E-state index contributed by atoms with van der Waals surface area (Å²) in [4.78, 5) is 27.4. The molecular formula is C25H14BrF2NO4. The van der Waals surface area contributed by atoms with Crippen LogP contribution in [0, 0.1) is 11.6 Å². The molecule has 0 bridgehead atoms. The minimum atomic E-state index is -1.19. The second kappa shape index (κ2) is 7.97. The lowest BCUT2D eigenvalue weighted by Crippen LogP contribution is -2.31. The van der Waals surface area contributed by atoms with Crippen molar-refractivity contribution in [1.29, 1.82) is 0 Å². The lowest BCUT2D eigenvalue weighted by molar-refractivity contribution is -0.117. The number of anilines is 1. The first-order valence-corrected chi connectivity index (χ1v) is 10.6. The number of hydrogen-bond donors (Lipinski definition) is 1. The Bertz CT molecular complexity index is 1460. The third kappa shape index (κ3) is 3.52. The summed E-state index contributed by atoms with van der Waals surface area (Å²) >= 11 is 3.36. The van der Waals surface area contributed by atoms with E-state index >= 15 is 0 Å². The lowest BCUT2D eigenvalue weighted by atomic mass is 9.94. The summed E-state index contributed by atoms with van der Waals surface area (Å²) in [5.74, 6) is -4.34. The highest BCUT2D eigenvalue weighted by Gasteiger charge is 2.46. The van der Waals surface area contributed by atoms with Crippen molar-refractivity contribution in [1.82, 2.24) is 0 Å². The smallest absolute Gasteiger partial charge is 0.294 e. The maximum atomic E-state index is 14.7. The van der Waals surface area contributed by atoms with Gasteiger partial charge >= 0.3 is 0 Å².